The Labute approximate surface area is 148 Å². The molecule has 1 heterocycles. The average molecular weight is 440 g/mol. The van der Waals surface area contributed by atoms with E-state index in [-0.39, 0.29) is 18.1 Å². The topological polar surface area (TPSA) is 76.8 Å². The van der Waals surface area contributed by atoms with Crippen LogP contribution in [0.5, 0.6) is 5.75 Å². The molecule has 0 aromatic heterocycles. The van der Waals surface area contributed by atoms with Crippen molar-refractivity contribution < 1.29 is 14.3 Å². The summed E-state index contributed by atoms with van der Waals surface area (Å²) in [4.78, 5) is 12.5. The number of ether oxygens (including phenoxy) is 2. The molecular weight excluding hydrogens is 421 g/mol. The van der Waals surface area contributed by atoms with Gasteiger partial charge in [0.1, 0.15) is 5.75 Å². The number of halogens is 2. The standard InChI is InChI=1S/C14H19ClIN3O3/c1-21-12-6-10(17)9(15)5-8(12)14(20)18-11-3-4-19(16)7-13(11)22-2/h5-6,11,13H,3-4,7,17H2,1-2H3,(H,18,20)/t11-,13+/m1/s1. The highest BCUT2D eigenvalue weighted by molar-refractivity contribution is 14.1. The molecule has 0 saturated carbocycles. The number of hydrogen-bond acceptors (Lipinski definition) is 5. The van der Waals surface area contributed by atoms with Crippen molar-refractivity contribution in [3.63, 3.8) is 0 Å². The van der Waals surface area contributed by atoms with E-state index in [0.29, 0.717) is 22.0 Å². The second kappa shape index (κ2) is 7.67. The first-order chi connectivity index (χ1) is 10.5. The van der Waals surface area contributed by atoms with Crippen molar-refractivity contribution in [1.29, 1.82) is 0 Å². The Bertz CT molecular complexity index is 558. The number of nitrogen functional groups attached to an aromatic ring is 1. The third-order valence-corrected chi connectivity index (χ3v) is 4.90. The molecule has 8 heteroatoms. The van der Waals surface area contributed by atoms with Crippen LogP contribution in [-0.2, 0) is 4.74 Å². The van der Waals surface area contributed by atoms with Crippen LogP contribution in [0.4, 0.5) is 5.69 Å². The zero-order valence-corrected chi connectivity index (χ0v) is 15.3. The van der Waals surface area contributed by atoms with Crippen molar-refractivity contribution >= 4 is 46.1 Å². The summed E-state index contributed by atoms with van der Waals surface area (Å²) in [5.74, 6) is 0.160. The predicted molar refractivity (Wildman–Crippen MR) is 94.7 cm³/mol. The smallest absolute Gasteiger partial charge is 0.255 e. The van der Waals surface area contributed by atoms with Crippen LogP contribution >= 0.6 is 34.5 Å². The van der Waals surface area contributed by atoms with Gasteiger partial charge < -0.3 is 20.5 Å². The first kappa shape index (κ1) is 17.6. The summed E-state index contributed by atoms with van der Waals surface area (Å²) in [7, 11) is 3.15. The highest BCUT2D eigenvalue weighted by Gasteiger charge is 2.30. The number of nitrogens with two attached hydrogens (primary N) is 1. The Morgan fingerprint density at radius 3 is 2.86 bits per heavy atom. The first-order valence-electron chi connectivity index (χ1n) is 6.83. The molecule has 0 aliphatic carbocycles. The molecule has 0 radical (unpaired) electrons. The predicted octanol–water partition coefficient (Wildman–Crippen LogP) is 2.10. The molecule has 2 atom stereocenters. The number of nitrogens with zero attached hydrogens (tertiary/aromatic N) is 1. The van der Waals surface area contributed by atoms with Gasteiger partial charge in [0.2, 0.25) is 0 Å². The summed E-state index contributed by atoms with van der Waals surface area (Å²) in [5.41, 5.74) is 6.49. The minimum absolute atomic E-state index is 0.0511. The number of benzene rings is 1. The van der Waals surface area contributed by atoms with E-state index in [4.69, 9.17) is 26.8 Å². The molecule has 0 bridgehead atoms. The van der Waals surface area contributed by atoms with Crippen LogP contribution in [0, 0.1) is 0 Å². The van der Waals surface area contributed by atoms with E-state index < -0.39 is 0 Å². The quantitative estimate of drug-likeness (QED) is 0.427. The molecule has 2 rings (SSSR count). The summed E-state index contributed by atoms with van der Waals surface area (Å²) in [6.07, 6.45) is 0.767. The molecule has 0 spiro atoms. The molecule has 0 unspecified atom stereocenters. The van der Waals surface area contributed by atoms with Crippen molar-refractivity contribution in [1.82, 2.24) is 8.43 Å². The molecule has 1 amide bonds. The van der Waals surface area contributed by atoms with Gasteiger partial charge in [-0.05, 0) is 12.5 Å². The van der Waals surface area contributed by atoms with Crippen molar-refractivity contribution in [3.05, 3.63) is 22.7 Å². The minimum atomic E-state index is -0.243. The van der Waals surface area contributed by atoms with Gasteiger partial charge in [-0.3, -0.25) is 4.79 Å². The molecule has 1 aliphatic rings. The zero-order valence-electron chi connectivity index (χ0n) is 12.4. The summed E-state index contributed by atoms with van der Waals surface area (Å²) in [5, 5.41) is 3.33. The molecule has 22 heavy (non-hydrogen) atoms. The Morgan fingerprint density at radius 2 is 2.23 bits per heavy atom. The second-order valence-corrected chi connectivity index (χ2v) is 6.86. The fraction of sp³-hybridized carbons (Fsp3) is 0.500. The van der Waals surface area contributed by atoms with E-state index in [0.717, 1.165) is 19.5 Å². The van der Waals surface area contributed by atoms with Crippen molar-refractivity contribution in [2.75, 3.05) is 33.0 Å². The number of amides is 1. The number of carbonyl (C=O) groups is 1. The molecule has 1 fully saturated rings. The van der Waals surface area contributed by atoms with Crippen LogP contribution in [-0.4, -0.2) is 48.5 Å². The molecule has 1 aromatic rings. The average Bonchev–Trinajstić information content (AvgIpc) is 2.51. The van der Waals surface area contributed by atoms with Crippen molar-refractivity contribution in [2.24, 2.45) is 0 Å². The van der Waals surface area contributed by atoms with Gasteiger partial charge in [-0.15, -0.1) is 0 Å². The SMILES string of the molecule is COc1cc(N)c(Cl)cc1C(=O)N[C@@H]1CCN(I)C[C@@H]1OC. The van der Waals surface area contributed by atoms with E-state index in [2.05, 4.69) is 31.3 Å². The summed E-state index contributed by atoms with van der Waals surface area (Å²) in [6.45, 7) is 1.66. The third-order valence-electron chi connectivity index (χ3n) is 3.69. The molecule has 6 nitrogen and oxygen atoms in total. The number of anilines is 1. The lowest BCUT2D eigenvalue weighted by molar-refractivity contribution is 0.0340. The molecule has 1 aliphatic heterocycles. The largest absolute Gasteiger partial charge is 0.496 e. The molecule has 3 N–H and O–H groups in total. The van der Waals surface area contributed by atoms with Gasteiger partial charge in [-0.25, -0.2) is 3.11 Å². The monoisotopic (exact) mass is 439 g/mol. The Morgan fingerprint density at radius 1 is 1.50 bits per heavy atom. The van der Waals surface area contributed by atoms with Crippen LogP contribution in [0.25, 0.3) is 0 Å². The molecule has 1 aromatic carbocycles. The van der Waals surface area contributed by atoms with Gasteiger partial charge in [0, 0.05) is 49.1 Å². The van der Waals surface area contributed by atoms with E-state index in [1.807, 2.05) is 0 Å². The number of methoxy groups -OCH3 is 2. The zero-order chi connectivity index (χ0) is 16.3. The van der Waals surface area contributed by atoms with E-state index in [1.54, 1.807) is 13.2 Å². The van der Waals surface area contributed by atoms with Gasteiger partial charge in [0.25, 0.3) is 5.91 Å². The molecular formula is C14H19ClIN3O3. The lowest BCUT2D eigenvalue weighted by Gasteiger charge is -2.35. The van der Waals surface area contributed by atoms with Gasteiger partial charge in [-0.1, -0.05) is 11.6 Å². The van der Waals surface area contributed by atoms with Crippen LogP contribution in [0.1, 0.15) is 16.8 Å². The highest BCUT2D eigenvalue weighted by atomic mass is 127. The minimum Gasteiger partial charge on any atom is -0.496 e. The first-order valence-corrected chi connectivity index (χ1v) is 8.18. The van der Waals surface area contributed by atoms with Crippen LogP contribution in [0.15, 0.2) is 12.1 Å². The van der Waals surface area contributed by atoms with Gasteiger partial charge >= 0.3 is 0 Å². The summed E-state index contributed by atoms with van der Waals surface area (Å²) < 4.78 is 12.8. The lowest BCUT2D eigenvalue weighted by Crippen LogP contribution is -2.52. The highest BCUT2D eigenvalue weighted by Crippen LogP contribution is 2.29. The Balaban J connectivity index is 2.16. The summed E-state index contributed by atoms with van der Waals surface area (Å²) in [6, 6.07) is 3.03. The molecule has 122 valence electrons. The fourth-order valence-corrected chi connectivity index (χ4v) is 3.27. The van der Waals surface area contributed by atoms with Gasteiger partial charge in [0.05, 0.1) is 35.5 Å². The lowest BCUT2D eigenvalue weighted by atomic mass is 10.0. The maximum atomic E-state index is 12.5. The number of rotatable bonds is 4. The van der Waals surface area contributed by atoms with Crippen LogP contribution in [0.2, 0.25) is 5.02 Å². The number of piperidine rings is 1. The van der Waals surface area contributed by atoms with E-state index in [9.17, 15) is 4.79 Å². The maximum absolute atomic E-state index is 12.5. The number of hydrogen-bond donors (Lipinski definition) is 2. The Hall–Kier alpha value is -0.770. The van der Waals surface area contributed by atoms with E-state index in [1.165, 1.54) is 13.2 Å². The third kappa shape index (κ3) is 3.95. The van der Waals surface area contributed by atoms with E-state index >= 15 is 0 Å². The Kier molecular flexibility index (Phi) is 6.13. The second-order valence-electron chi connectivity index (χ2n) is 5.09. The summed E-state index contributed by atoms with van der Waals surface area (Å²) >= 11 is 8.27. The normalized spacial score (nSPS) is 22.4. The number of nitrogens with one attached hydrogen (secondary N) is 1. The van der Waals surface area contributed by atoms with Crippen LogP contribution in [0.3, 0.4) is 0 Å². The van der Waals surface area contributed by atoms with Gasteiger partial charge in [-0.2, -0.15) is 0 Å². The van der Waals surface area contributed by atoms with Gasteiger partial charge in [0.15, 0.2) is 0 Å². The van der Waals surface area contributed by atoms with Crippen molar-refractivity contribution in [3.8, 4) is 5.75 Å². The molecule has 1 saturated heterocycles. The van der Waals surface area contributed by atoms with Crippen LogP contribution < -0.4 is 15.8 Å². The number of carbonyl (C=O) groups excluding carboxylic acids is 1. The maximum Gasteiger partial charge on any atom is 0.255 e. The fourth-order valence-electron chi connectivity index (χ4n) is 2.44. The van der Waals surface area contributed by atoms with Crippen molar-refractivity contribution in [2.45, 2.75) is 18.6 Å².